The molecule has 9 nitrogen and oxygen atoms in total. The van der Waals surface area contributed by atoms with Gasteiger partial charge < -0.3 is 20.4 Å². The van der Waals surface area contributed by atoms with Crippen molar-refractivity contribution in [3.05, 3.63) is 69.7 Å². The van der Waals surface area contributed by atoms with Crippen molar-refractivity contribution in [1.82, 2.24) is 14.5 Å². The first-order chi connectivity index (χ1) is 20.8. The summed E-state index contributed by atoms with van der Waals surface area (Å²) in [4.78, 5) is 29.7. The molecule has 0 aromatic heterocycles. The van der Waals surface area contributed by atoms with Crippen molar-refractivity contribution >= 4 is 45.0 Å². The van der Waals surface area contributed by atoms with Gasteiger partial charge in [-0.2, -0.15) is 0 Å². The van der Waals surface area contributed by atoms with E-state index in [1.807, 2.05) is 37.3 Å². The van der Waals surface area contributed by atoms with E-state index in [9.17, 15) is 23.1 Å². The lowest BCUT2D eigenvalue weighted by atomic mass is 9.67. The van der Waals surface area contributed by atoms with E-state index in [1.165, 1.54) is 4.31 Å². The molecule has 3 N–H and O–H groups in total. The van der Waals surface area contributed by atoms with Crippen LogP contribution in [-0.4, -0.2) is 83.8 Å². The Hall–Kier alpha value is -2.21. The van der Waals surface area contributed by atoms with E-state index in [-0.39, 0.29) is 48.9 Å². The van der Waals surface area contributed by atoms with E-state index in [4.69, 9.17) is 28.3 Å². The third-order valence-electron chi connectivity index (χ3n) is 8.86. The van der Waals surface area contributed by atoms with Gasteiger partial charge in [0.1, 0.15) is 0 Å². The number of benzene rings is 2. The molecule has 1 saturated heterocycles. The van der Waals surface area contributed by atoms with Crippen molar-refractivity contribution in [2.75, 3.05) is 26.7 Å². The molecule has 2 aliphatic rings. The van der Waals surface area contributed by atoms with Crippen LogP contribution in [0.2, 0.25) is 10.0 Å². The first-order valence-electron chi connectivity index (χ1n) is 15.1. The summed E-state index contributed by atoms with van der Waals surface area (Å²) in [5.41, 5.74) is 0.626. The molecular weight excluding hydrogens is 625 g/mol. The van der Waals surface area contributed by atoms with Crippen LogP contribution in [0.5, 0.6) is 0 Å². The fourth-order valence-electron chi connectivity index (χ4n) is 6.27. The average molecular weight is 669 g/mol. The lowest BCUT2D eigenvalue weighted by molar-refractivity contribution is -0.157. The number of rotatable bonds is 14. The third-order valence-corrected chi connectivity index (χ3v) is 11.7. The van der Waals surface area contributed by atoms with Gasteiger partial charge in [-0.05, 0) is 67.5 Å². The van der Waals surface area contributed by atoms with Crippen molar-refractivity contribution in [2.45, 2.75) is 81.7 Å². The number of halogens is 2. The minimum atomic E-state index is -3.50. The summed E-state index contributed by atoms with van der Waals surface area (Å²) < 4.78 is 27.7. The van der Waals surface area contributed by atoms with Gasteiger partial charge in [0.15, 0.2) is 0 Å². The maximum atomic E-state index is 14.7. The number of aliphatic hydroxyl groups excluding tert-OH is 2. The quantitative estimate of drug-likeness (QED) is 0.272. The molecule has 2 fully saturated rings. The van der Waals surface area contributed by atoms with Crippen molar-refractivity contribution in [2.24, 2.45) is 5.41 Å². The number of hydrogen-bond acceptors (Lipinski definition) is 6. The Morgan fingerprint density at radius 2 is 1.82 bits per heavy atom. The molecule has 1 aliphatic heterocycles. The minimum Gasteiger partial charge on any atom is -0.394 e. The number of likely N-dealkylation sites (N-methyl/N-ethyl adjacent to an activating group) is 1. The number of piperidine rings is 1. The van der Waals surface area contributed by atoms with Crippen LogP contribution < -0.4 is 5.32 Å². The molecule has 44 heavy (non-hydrogen) atoms. The Labute approximate surface area is 270 Å². The molecule has 1 unspecified atom stereocenters. The van der Waals surface area contributed by atoms with E-state index < -0.39 is 40.2 Å². The van der Waals surface area contributed by atoms with Crippen LogP contribution in [0.1, 0.15) is 75.5 Å². The summed E-state index contributed by atoms with van der Waals surface area (Å²) in [5.74, 6) is -0.853. The highest BCUT2D eigenvalue weighted by Crippen LogP contribution is 2.52. The zero-order valence-electron chi connectivity index (χ0n) is 25.5. The Morgan fingerprint density at radius 3 is 2.41 bits per heavy atom. The molecule has 0 bridgehead atoms. The SMILES string of the molecule is CC[C@@H](CN(C)S(=O)(=O)C1CC1)N1C(=O)[C@](C)(CC(=O)NCCC(O)CO)C[C@H](c2cccc(Cl)c2)[C@H]1c1ccc(Cl)cc1. The standard InChI is InChI=1S/C32H43Cl2N3O6S/c1-4-25(19-36(3)44(42,43)27-12-13-27)37-30(21-8-10-23(33)11-9-21)28(22-6-5-7-24(34)16-22)17-32(2,31(37)41)18-29(40)35-15-14-26(39)20-38/h5-11,16,25-28,30,38-39H,4,12-15,17-20H2,1-3H3,(H,35,40)/t25-,26?,28+,30+,32-/m0/s1. The molecule has 2 aromatic rings. The highest BCUT2D eigenvalue weighted by Gasteiger charge is 2.52. The number of amides is 2. The molecule has 4 rings (SSSR count). The van der Waals surface area contributed by atoms with Gasteiger partial charge >= 0.3 is 0 Å². The van der Waals surface area contributed by atoms with Crippen LogP contribution in [0.25, 0.3) is 0 Å². The van der Waals surface area contributed by atoms with Crippen molar-refractivity contribution < 1.29 is 28.2 Å². The number of likely N-dealkylation sites (tertiary alicyclic amines) is 1. The van der Waals surface area contributed by atoms with E-state index in [0.29, 0.717) is 35.7 Å². The summed E-state index contributed by atoms with van der Waals surface area (Å²) in [6.07, 6.45) is 1.24. The highest BCUT2D eigenvalue weighted by molar-refractivity contribution is 7.90. The molecule has 0 radical (unpaired) electrons. The summed E-state index contributed by atoms with van der Waals surface area (Å²) in [7, 11) is -1.92. The van der Waals surface area contributed by atoms with Gasteiger partial charge in [-0.15, -0.1) is 0 Å². The molecule has 1 aliphatic carbocycles. The first kappa shape index (κ1) is 34.7. The number of nitrogens with zero attached hydrogens (tertiary/aromatic N) is 2. The van der Waals surface area contributed by atoms with Crippen LogP contribution >= 0.6 is 23.2 Å². The highest BCUT2D eigenvalue weighted by atomic mass is 35.5. The number of carbonyl (C=O) groups excluding carboxylic acids is 2. The van der Waals surface area contributed by atoms with Gasteiger partial charge in [-0.3, -0.25) is 9.59 Å². The molecule has 1 heterocycles. The first-order valence-corrected chi connectivity index (χ1v) is 17.4. The molecule has 1 saturated carbocycles. The largest absolute Gasteiger partial charge is 0.394 e. The van der Waals surface area contributed by atoms with E-state index in [0.717, 1.165) is 11.1 Å². The third kappa shape index (κ3) is 7.95. The number of hydrogen-bond donors (Lipinski definition) is 3. The number of nitrogens with one attached hydrogen (secondary N) is 1. The summed E-state index contributed by atoms with van der Waals surface area (Å²) in [6.45, 7) is 3.60. The molecular formula is C32H43Cl2N3O6S. The molecule has 2 amide bonds. The topological polar surface area (TPSA) is 127 Å². The van der Waals surface area contributed by atoms with E-state index >= 15 is 0 Å². The van der Waals surface area contributed by atoms with Gasteiger partial charge in [0.25, 0.3) is 0 Å². The van der Waals surface area contributed by atoms with E-state index in [1.54, 1.807) is 37.1 Å². The summed E-state index contributed by atoms with van der Waals surface area (Å²) >= 11 is 12.7. The second-order valence-corrected chi connectivity index (χ2v) is 15.6. The number of sulfonamides is 1. The zero-order chi connectivity index (χ0) is 32.2. The second-order valence-electron chi connectivity index (χ2n) is 12.4. The van der Waals surface area contributed by atoms with Gasteiger partial charge in [0, 0.05) is 48.6 Å². The summed E-state index contributed by atoms with van der Waals surface area (Å²) in [6, 6.07) is 13.9. The van der Waals surface area contributed by atoms with Crippen LogP contribution in [-0.2, 0) is 19.6 Å². The minimum absolute atomic E-state index is 0.103. The lowest BCUT2D eigenvalue weighted by Gasteiger charge is -2.52. The normalized spacial score (nSPS) is 23.9. The van der Waals surface area contributed by atoms with Crippen LogP contribution in [0.15, 0.2) is 48.5 Å². The van der Waals surface area contributed by atoms with Crippen molar-refractivity contribution in [3.63, 3.8) is 0 Å². The zero-order valence-corrected chi connectivity index (χ0v) is 27.8. The fraction of sp³-hybridized carbons (Fsp3) is 0.562. The molecule has 0 spiro atoms. The van der Waals surface area contributed by atoms with Gasteiger partial charge in [0.2, 0.25) is 21.8 Å². The smallest absolute Gasteiger partial charge is 0.229 e. The Bertz CT molecular complexity index is 1420. The fourth-order valence-corrected chi connectivity index (χ4v) is 8.21. The maximum Gasteiger partial charge on any atom is 0.229 e. The van der Waals surface area contributed by atoms with E-state index in [2.05, 4.69) is 5.32 Å². The Morgan fingerprint density at radius 1 is 1.14 bits per heavy atom. The van der Waals surface area contributed by atoms with Gasteiger partial charge in [-0.1, -0.05) is 61.3 Å². The molecule has 242 valence electrons. The Balaban J connectivity index is 1.77. The van der Waals surface area contributed by atoms with Crippen LogP contribution in [0.4, 0.5) is 0 Å². The maximum absolute atomic E-state index is 14.7. The Kier molecular flexibility index (Phi) is 11.4. The number of aliphatic hydroxyl groups is 2. The number of carbonyl (C=O) groups is 2. The monoisotopic (exact) mass is 667 g/mol. The van der Waals surface area contributed by atoms with Gasteiger partial charge in [-0.25, -0.2) is 12.7 Å². The average Bonchev–Trinajstić information content (AvgIpc) is 3.84. The van der Waals surface area contributed by atoms with Crippen molar-refractivity contribution in [3.8, 4) is 0 Å². The van der Waals surface area contributed by atoms with Gasteiger partial charge in [0.05, 0.1) is 29.4 Å². The predicted octanol–water partition coefficient (Wildman–Crippen LogP) is 4.51. The van der Waals surface area contributed by atoms with Crippen molar-refractivity contribution in [1.29, 1.82) is 0 Å². The second kappa shape index (κ2) is 14.5. The predicted molar refractivity (Wildman–Crippen MR) is 172 cm³/mol. The molecule has 5 atom stereocenters. The van der Waals surface area contributed by atoms with Crippen LogP contribution in [0.3, 0.4) is 0 Å². The lowest BCUT2D eigenvalue weighted by Crippen LogP contribution is -2.58. The summed E-state index contributed by atoms with van der Waals surface area (Å²) in [5, 5.41) is 22.3. The molecule has 12 heteroatoms. The molecule has 2 aromatic carbocycles. The van der Waals surface area contributed by atoms with Crippen LogP contribution in [0, 0.1) is 5.41 Å².